The first-order chi connectivity index (χ1) is 6.88. The summed E-state index contributed by atoms with van der Waals surface area (Å²) in [5.41, 5.74) is 2.31. The van der Waals surface area contributed by atoms with Crippen molar-refractivity contribution in [2.75, 3.05) is 0 Å². The molecule has 2 aromatic carbocycles. The van der Waals surface area contributed by atoms with Crippen molar-refractivity contribution in [1.82, 2.24) is 0 Å². The fourth-order valence-electron chi connectivity index (χ4n) is 1.36. The summed E-state index contributed by atoms with van der Waals surface area (Å²) < 4.78 is 0. The maximum absolute atomic E-state index is 4.53. The van der Waals surface area contributed by atoms with E-state index in [1.807, 2.05) is 36.4 Å². The van der Waals surface area contributed by atoms with Crippen LogP contribution >= 0.6 is 8.86 Å². The monoisotopic (exact) mass is 204 g/mol. The van der Waals surface area contributed by atoms with Crippen LogP contribution < -0.4 is 18.9 Å². The van der Waals surface area contributed by atoms with Gasteiger partial charge in [0.05, 0.1) is 0 Å². The minimum Gasteiger partial charge on any atom is -0.721 e. The molecule has 0 aliphatic carbocycles. The largest absolute Gasteiger partial charge is 1.00 e. The van der Waals surface area contributed by atoms with E-state index in [9.17, 15) is 0 Å². The van der Waals surface area contributed by atoms with Gasteiger partial charge in [0.2, 0.25) is 0 Å². The zero-order chi connectivity index (χ0) is 9.80. The Labute approximate surface area is 105 Å². The maximum atomic E-state index is 4.53. The summed E-state index contributed by atoms with van der Waals surface area (Å²) in [6, 6.07) is 20.4. The molecule has 0 amide bonds. The van der Waals surface area contributed by atoms with Gasteiger partial charge in [0.25, 0.3) is 0 Å². The minimum atomic E-state index is 0. The van der Waals surface area contributed by atoms with Crippen LogP contribution in [0.25, 0.3) is 0 Å². The normalized spacial score (nSPS) is 9.07. The molecule has 0 atom stereocenters. The van der Waals surface area contributed by atoms with Crippen molar-refractivity contribution in [3.05, 3.63) is 71.8 Å². The second kappa shape index (κ2) is 5.94. The fourth-order valence-corrected chi connectivity index (χ4v) is 1.66. The molecule has 15 heavy (non-hydrogen) atoms. The Morgan fingerprint density at radius 3 is 1.33 bits per heavy atom. The van der Waals surface area contributed by atoms with E-state index >= 15 is 0 Å². The van der Waals surface area contributed by atoms with Gasteiger partial charge in [0.1, 0.15) is 0 Å². The SMILES string of the molecule is [Li+].[P-]=C(c1ccccc1)c1ccccc1. The van der Waals surface area contributed by atoms with E-state index in [2.05, 4.69) is 33.1 Å². The van der Waals surface area contributed by atoms with E-state index in [4.69, 9.17) is 0 Å². The fraction of sp³-hybridized carbons (Fsp3) is 0. The molecule has 0 aliphatic rings. The van der Waals surface area contributed by atoms with E-state index in [0.717, 1.165) is 16.4 Å². The van der Waals surface area contributed by atoms with Crippen LogP contribution in [0.5, 0.6) is 0 Å². The molecular weight excluding hydrogens is 194 g/mol. The van der Waals surface area contributed by atoms with Gasteiger partial charge in [0, 0.05) is 0 Å². The summed E-state index contributed by atoms with van der Waals surface area (Å²) in [4.78, 5) is 0. The van der Waals surface area contributed by atoms with Gasteiger partial charge in [-0.2, -0.15) is 0 Å². The van der Waals surface area contributed by atoms with Crippen LogP contribution in [0, 0.1) is 0 Å². The van der Waals surface area contributed by atoms with Crippen LogP contribution in [0.4, 0.5) is 0 Å². The Balaban J connectivity index is 0.00000112. The molecule has 0 saturated heterocycles. The first-order valence-electron chi connectivity index (χ1n) is 4.54. The van der Waals surface area contributed by atoms with Crippen LogP contribution in [0.15, 0.2) is 60.7 Å². The van der Waals surface area contributed by atoms with Gasteiger partial charge >= 0.3 is 18.9 Å². The van der Waals surface area contributed by atoms with Crippen LogP contribution in [0.3, 0.4) is 0 Å². The predicted molar refractivity (Wildman–Crippen MR) is 63.0 cm³/mol. The third-order valence-electron chi connectivity index (χ3n) is 2.09. The van der Waals surface area contributed by atoms with Crippen molar-refractivity contribution in [3.63, 3.8) is 0 Å². The quantitative estimate of drug-likeness (QED) is 0.498. The summed E-state index contributed by atoms with van der Waals surface area (Å²) in [7, 11) is 4.53. The van der Waals surface area contributed by atoms with Gasteiger partial charge in [-0.1, -0.05) is 71.8 Å². The average molecular weight is 204 g/mol. The third-order valence-corrected chi connectivity index (χ3v) is 2.61. The molecule has 2 aromatic rings. The van der Waals surface area contributed by atoms with Crippen molar-refractivity contribution < 1.29 is 18.9 Å². The van der Waals surface area contributed by atoms with Crippen molar-refractivity contribution in [2.24, 2.45) is 0 Å². The molecule has 0 saturated carbocycles. The number of hydrogen-bond donors (Lipinski definition) is 0. The zero-order valence-electron chi connectivity index (χ0n) is 8.72. The molecule has 0 bridgehead atoms. The molecule has 0 heterocycles. The van der Waals surface area contributed by atoms with E-state index in [0.29, 0.717) is 0 Å². The molecule has 68 valence electrons. The van der Waals surface area contributed by atoms with Gasteiger partial charge in [-0.25, -0.2) is 5.29 Å². The summed E-state index contributed by atoms with van der Waals surface area (Å²) in [5, 5.41) is 1.02. The van der Waals surface area contributed by atoms with Crippen molar-refractivity contribution in [3.8, 4) is 0 Å². The van der Waals surface area contributed by atoms with Gasteiger partial charge in [0.15, 0.2) is 0 Å². The Bertz CT molecular complexity index is 381. The molecular formula is C13H10LiP. The van der Waals surface area contributed by atoms with Gasteiger partial charge in [-0.15, -0.1) is 0 Å². The Morgan fingerprint density at radius 2 is 1.00 bits per heavy atom. The van der Waals surface area contributed by atoms with Crippen LogP contribution in [-0.2, 0) is 0 Å². The van der Waals surface area contributed by atoms with E-state index < -0.39 is 0 Å². The van der Waals surface area contributed by atoms with Crippen LogP contribution in [0.2, 0.25) is 0 Å². The van der Waals surface area contributed by atoms with Crippen molar-refractivity contribution in [2.45, 2.75) is 0 Å². The average Bonchev–Trinajstić information content (AvgIpc) is 2.30. The van der Waals surface area contributed by atoms with Crippen LogP contribution in [0.1, 0.15) is 11.1 Å². The molecule has 2 heteroatoms. The molecule has 0 aromatic heterocycles. The molecule has 0 nitrogen and oxygen atoms in total. The molecule has 0 aliphatic heterocycles. The number of rotatable bonds is 2. The topological polar surface area (TPSA) is 0 Å². The summed E-state index contributed by atoms with van der Waals surface area (Å²) in [5.74, 6) is 0. The molecule has 0 unspecified atom stereocenters. The molecule has 0 spiro atoms. The standard InChI is InChI=1S/C13H10P.Li/c14-13(11-7-3-1-4-8-11)12-9-5-2-6-10-12;/h1-10H;/q-1;+1. The number of benzene rings is 2. The zero-order valence-corrected chi connectivity index (χ0v) is 9.62. The first-order valence-corrected chi connectivity index (χ1v) is 4.99. The summed E-state index contributed by atoms with van der Waals surface area (Å²) >= 11 is 0. The Morgan fingerprint density at radius 1 is 0.667 bits per heavy atom. The smallest absolute Gasteiger partial charge is 0.721 e. The number of hydrogen-bond acceptors (Lipinski definition) is 0. The van der Waals surface area contributed by atoms with Gasteiger partial charge < -0.3 is 8.86 Å². The third kappa shape index (κ3) is 3.08. The molecule has 0 fully saturated rings. The predicted octanol–water partition coefficient (Wildman–Crippen LogP) is 0.670. The van der Waals surface area contributed by atoms with Crippen molar-refractivity contribution in [1.29, 1.82) is 0 Å². The maximum Gasteiger partial charge on any atom is 1.00 e. The van der Waals surface area contributed by atoms with E-state index in [-0.39, 0.29) is 18.9 Å². The van der Waals surface area contributed by atoms with E-state index in [1.165, 1.54) is 0 Å². The second-order valence-electron chi connectivity index (χ2n) is 3.08. The molecule has 2 rings (SSSR count). The minimum absolute atomic E-state index is 0. The molecule has 0 radical (unpaired) electrons. The Hall–Kier alpha value is -0.793. The van der Waals surface area contributed by atoms with Gasteiger partial charge in [-0.3, -0.25) is 0 Å². The first kappa shape index (κ1) is 12.3. The van der Waals surface area contributed by atoms with Crippen LogP contribution in [-0.4, -0.2) is 5.29 Å². The Kier molecular flexibility index (Phi) is 4.86. The van der Waals surface area contributed by atoms with Crippen molar-refractivity contribution >= 4 is 14.2 Å². The summed E-state index contributed by atoms with van der Waals surface area (Å²) in [6.07, 6.45) is 0. The molecule has 0 N–H and O–H groups in total. The second-order valence-corrected chi connectivity index (χ2v) is 3.53. The van der Waals surface area contributed by atoms with E-state index in [1.54, 1.807) is 0 Å². The summed E-state index contributed by atoms with van der Waals surface area (Å²) in [6.45, 7) is 0. The van der Waals surface area contributed by atoms with Gasteiger partial charge in [-0.05, 0) is 0 Å².